The van der Waals surface area contributed by atoms with Crippen LogP contribution in [0.2, 0.25) is 0 Å². The van der Waals surface area contributed by atoms with Gasteiger partial charge in [-0.1, -0.05) is 5.16 Å². The first kappa shape index (κ1) is 13.4. The fourth-order valence-electron chi connectivity index (χ4n) is 1.09. The van der Waals surface area contributed by atoms with E-state index in [4.69, 9.17) is 10.9 Å². The van der Waals surface area contributed by atoms with Crippen LogP contribution >= 0.6 is 11.3 Å². The van der Waals surface area contributed by atoms with E-state index in [1.165, 1.54) is 11.3 Å². The number of carbonyl (C=O) groups is 1. The minimum atomic E-state index is -0.473. The Kier molecular flexibility index (Phi) is 4.85. The summed E-state index contributed by atoms with van der Waals surface area (Å²) in [6.45, 7) is 1.16. The van der Waals surface area contributed by atoms with Crippen LogP contribution in [0.3, 0.4) is 0 Å². The zero-order chi connectivity index (χ0) is 12.8. The Morgan fingerprint density at radius 2 is 2.41 bits per heavy atom. The smallest absolute Gasteiger partial charge is 0.275 e. The molecule has 0 aliphatic heterocycles. The molecule has 1 rings (SSSR count). The number of nitrogens with zero attached hydrogens (tertiary/aromatic N) is 3. The largest absolute Gasteiger partial charge is 0.410 e. The standard InChI is InChI=1S/C9H15N5O2S/c1-14(2)4-3-11-8(15)7(13-16)6-5-17-9(10)12-6/h5,16H,3-4H2,1-2H3,(H2,10,12)(H,11,15)/b13-7+. The zero-order valence-corrected chi connectivity index (χ0v) is 10.5. The summed E-state index contributed by atoms with van der Waals surface area (Å²) in [5, 5.41) is 16.3. The van der Waals surface area contributed by atoms with Crippen LogP contribution in [-0.2, 0) is 4.79 Å². The van der Waals surface area contributed by atoms with Gasteiger partial charge in [-0.3, -0.25) is 4.79 Å². The van der Waals surface area contributed by atoms with Crippen LogP contribution in [0.15, 0.2) is 10.5 Å². The Morgan fingerprint density at radius 3 is 2.88 bits per heavy atom. The van der Waals surface area contributed by atoms with Gasteiger partial charge in [0.25, 0.3) is 5.91 Å². The molecule has 8 heteroatoms. The molecule has 0 bridgehead atoms. The van der Waals surface area contributed by atoms with E-state index in [0.29, 0.717) is 18.2 Å². The summed E-state index contributed by atoms with van der Waals surface area (Å²) in [7, 11) is 3.79. The number of nitrogens with one attached hydrogen (secondary N) is 1. The third-order valence-corrected chi connectivity index (χ3v) is 2.60. The molecule has 1 heterocycles. The van der Waals surface area contributed by atoms with E-state index in [2.05, 4.69) is 15.5 Å². The number of oxime groups is 1. The molecule has 0 spiro atoms. The van der Waals surface area contributed by atoms with E-state index in [-0.39, 0.29) is 11.4 Å². The quantitative estimate of drug-likeness (QED) is 0.377. The highest BCUT2D eigenvalue weighted by molar-refractivity contribution is 7.13. The number of thiazole rings is 1. The summed E-state index contributed by atoms with van der Waals surface area (Å²) >= 11 is 1.18. The van der Waals surface area contributed by atoms with Crippen molar-refractivity contribution in [3.8, 4) is 0 Å². The highest BCUT2D eigenvalue weighted by atomic mass is 32.1. The molecule has 0 fully saturated rings. The van der Waals surface area contributed by atoms with Crippen LogP contribution in [0, 0.1) is 0 Å². The lowest BCUT2D eigenvalue weighted by atomic mass is 10.3. The van der Waals surface area contributed by atoms with Crippen LogP contribution in [0.25, 0.3) is 0 Å². The maximum absolute atomic E-state index is 11.7. The third kappa shape index (κ3) is 4.00. The van der Waals surface area contributed by atoms with Crippen LogP contribution in [0.1, 0.15) is 5.69 Å². The molecule has 1 amide bonds. The van der Waals surface area contributed by atoms with Crippen molar-refractivity contribution in [3.05, 3.63) is 11.1 Å². The lowest BCUT2D eigenvalue weighted by Crippen LogP contribution is -2.36. The normalized spacial score (nSPS) is 11.8. The van der Waals surface area contributed by atoms with Crippen molar-refractivity contribution in [1.82, 2.24) is 15.2 Å². The number of nitrogens with two attached hydrogens (primary N) is 1. The molecule has 0 unspecified atom stereocenters. The van der Waals surface area contributed by atoms with Crippen molar-refractivity contribution in [2.45, 2.75) is 0 Å². The molecule has 1 aromatic rings. The Bertz CT molecular complexity index is 415. The third-order valence-electron chi connectivity index (χ3n) is 1.92. The Morgan fingerprint density at radius 1 is 1.71 bits per heavy atom. The van der Waals surface area contributed by atoms with Gasteiger partial charge in [0.1, 0.15) is 5.69 Å². The molecular weight excluding hydrogens is 242 g/mol. The highest BCUT2D eigenvalue weighted by Crippen LogP contribution is 2.11. The highest BCUT2D eigenvalue weighted by Gasteiger charge is 2.17. The summed E-state index contributed by atoms with van der Waals surface area (Å²) in [6.07, 6.45) is 0. The van der Waals surface area contributed by atoms with Crippen molar-refractivity contribution in [1.29, 1.82) is 0 Å². The van der Waals surface area contributed by atoms with Gasteiger partial charge in [-0.15, -0.1) is 11.3 Å². The Labute approximate surface area is 103 Å². The van der Waals surface area contributed by atoms with Gasteiger partial charge in [-0.25, -0.2) is 4.98 Å². The minimum Gasteiger partial charge on any atom is -0.410 e. The number of hydrogen-bond donors (Lipinski definition) is 3. The van der Waals surface area contributed by atoms with Gasteiger partial charge in [0.05, 0.1) is 0 Å². The fourth-order valence-corrected chi connectivity index (χ4v) is 1.63. The molecule has 0 saturated carbocycles. The molecule has 17 heavy (non-hydrogen) atoms. The van der Waals surface area contributed by atoms with E-state index < -0.39 is 5.91 Å². The van der Waals surface area contributed by atoms with E-state index >= 15 is 0 Å². The SMILES string of the molecule is CN(C)CCNC(=O)/C(=N/O)c1csc(N)n1. The second kappa shape index (κ2) is 6.16. The van der Waals surface area contributed by atoms with E-state index in [9.17, 15) is 4.79 Å². The first-order valence-electron chi connectivity index (χ1n) is 4.91. The van der Waals surface area contributed by atoms with Gasteiger partial charge in [-0.2, -0.15) is 0 Å². The first-order valence-corrected chi connectivity index (χ1v) is 5.79. The maximum atomic E-state index is 11.7. The second-order valence-electron chi connectivity index (χ2n) is 3.58. The summed E-state index contributed by atoms with van der Waals surface area (Å²) in [5.41, 5.74) is 5.59. The van der Waals surface area contributed by atoms with Crippen molar-refractivity contribution < 1.29 is 10.0 Å². The summed E-state index contributed by atoms with van der Waals surface area (Å²) in [4.78, 5) is 17.5. The van der Waals surface area contributed by atoms with Crippen LogP contribution in [0.4, 0.5) is 5.13 Å². The van der Waals surface area contributed by atoms with E-state index in [1.54, 1.807) is 5.38 Å². The topological polar surface area (TPSA) is 104 Å². The van der Waals surface area contributed by atoms with Crippen molar-refractivity contribution in [3.63, 3.8) is 0 Å². The average Bonchev–Trinajstić information content (AvgIpc) is 2.65. The number of amides is 1. The molecule has 0 aliphatic rings. The number of rotatable bonds is 5. The predicted molar refractivity (Wildman–Crippen MR) is 66.4 cm³/mol. The number of likely N-dealkylation sites (N-methyl/N-ethyl adjacent to an activating group) is 1. The summed E-state index contributed by atoms with van der Waals surface area (Å²) < 4.78 is 0. The van der Waals surface area contributed by atoms with E-state index in [0.717, 1.165) is 0 Å². The van der Waals surface area contributed by atoms with Gasteiger partial charge in [0, 0.05) is 18.5 Å². The molecule has 1 aromatic heterocycles. The number of carbonyl (C=O) groups excluding carboxylic acids is 1. The Balaban J connectivity index is 2.60. The molecule has 0 aromatic carbocycles. The molecule has 7 nitrogen and oxygen atoms in total. The van der Waals surface area contributed by atoms with Gasteiger partial charge in [0.15, 0.2) is 10.8 Å². The number of anilines is 1. The Hall–Kier alpha value is -1.67. The number of hydrogen-bond acceptors (Lipinski definition) is 7. The summed E-state index contributed by atoms with van der Waals surface area (Å²) in [6, 6.07) is 0. The zero-order valence-electron chi connectivity index (χ0n) is 9.67. The lowest BCUT2D eigenvalue weighted by Gasteiger charge is -2.10. The molecule has 0 atom stereocenters. The second-order valence-corrected chi connectivity index (χ2v) is 4.47. The average molecular weight is 257 g/mol. The molecule has 94 valence electrons. The monoisotopic (exact) mass is 257 g/mol. The lowest BCUT2D eigenvalue weighted by molar-refractivity contribution is -0.114. The fraction of sp³-hybridized carbons (Fsp3) is 0.444. The maximum Gasteiger partial charge on any atom is 0.275 e. The molecule has 4 N–H and O–H groups in total. The van der Waals surface area contributed by atoms with Crippen molar-refractivity contribution in [2.75, 3.05) is 32.9 Å². The van der Waals surface area contributed by atoms with Crippen LogP contribution in [0.5, 0.6) is 0 Å². The van der Waals surface area contributed by atoms with Gasteiger partial charge in [-0.05, 0) is 14.1 Å². The minimum absolute atomic E-state index is 0.128. The van der Waals surface area contributed by atoms with Crippen molar-refractivity contribution in [2.24, 2.45) is 5.16 Å². The van der Waals surface area contributed by atoms with Gasteiger partial charge in [0.2, 0.25) is 0 Å². The predicted octanol–water partition coefficient (Wildman–Crippen LogP) is -0.419. The van der Waals surface area contributed by atoms with Gasteiger partial charge >= 0.3 is 0 Å². The first-order chi connectivity index (χ1) is 8.04. The van der Waals surface area contributed by atoms with Crippen LogP contribution < -0.4 is 11.1 Å². The molecule has 0 radical (unpaired) electrons. The van der Waals surface area contributed by atoms with Gasteiger partial charge < -0.3 is 21.2 Å². The van der Waals surface area contributed by atoms with Crippen molar-refractivity contribution >= 4 is 28.1 Å². The summed E-state index contributed by atoms with van der Waals surface area (Å²) in [5.74, 6) is -0.473. The van der Waals surface area contributed by atoms with E-state index in [1.807, 2.05) is 19.0 Å². The molecule has 0 saturated heterocycles. The molecular formula is C9H15N5O2S. The number of aromatic nitrogens is 1. The molecule has 0 aliphatic carbocycles. The number of nitrogen functional groups attached to an aromatic ring is 1. The van der Waals surface area contributed by atoms with Crippen LogP contribution in [-0.4, -0.2) is 53.9 Å².